The van der Waals surface area contributed by atoms with Crippen LogP contribution in [-0.4, -0.2) is 46.1 Å². The SMILES string of the molecule is N#Cc1cccnc1NC1CC(N(CC(=O)O)CC2CC2)C1. The average molecular weight is 300 g/mol. The highest BCUT2D eigenvalue weighted by atomic mass is 16.4. The van der Waals surface area contributed by atoms with Crippen LogP contribution in [0.3, 0.4) is 0 Å². The molecule has 2 saturated carbocycles. The number of carboxylic acid groups (broad SMARTS) is 1. The van der Waals surface area contributed by atoms with Crippen LogP contribution in [0.25, 0.3) is 0 Å². The lowest BCUT2D eigenvalue weighted by molar-refractivity contribution is -0.139. The Morgan fingerprint density at radius 2 is 2.27 bits per heavy atom. The Kier molecular flexibility index (Phi) is 4.25. The van der Waals surface area contributed by atoms with Gasteiger partial charge < -0.3 is 10.4 Å². The van der Waals surface area contributed by atoms with E-state index in [1.54, 1.807) is 18.3 Å². The van der Waals surface area contributed by atoms with Gasteiger partial charge in [0.05, 0.1) is 12.1 Å². The van der Waals surface area contributed by atoms with Crippen molar-refractivity contribution in [3.05, 3.63) is 23.9 Å². The quantitative estimate of drug-likeness (QED) is 0.796. The van der Waals surface area contributed by atoms with Crippen LogP contribution in [0.15, 0.2) is 18.3 Å². The van der Waals surface area contributed by atoms with Crippen molar-refractivity contribution < 1.29 is 9.90 Å². The Balaban J connectivity index is 1.53. The first kappa shape index (κ1) is 14.8. The Labute approximate surface area is 129 Å². The van der Waals surface area contributed by atoms with Crippen LogP contribution in [-0.2, 0) is 4.79 Å². The average Bonchev–Trinajstić information content (AvgIpc) is 3.25. The van der Waals surface area contributed by atoms with Gasteiger partial charge in [-0.3, -0.25) is 9.69 Å². The number of rotatable bonds is 7. The first-order valence-corrected chi connectivity index (χ1v) is 7.73. The molecule has 1 aromatic heterocycles. The molecule has 0 unspecified atom stereocenters. The molecule has 2 fully saturated rings. The smallest absolute Gasteiger partial charge is 0.317 e. The number of nitriles is 1. The van der Waals surface area contributed by atoms with Gasteiger partial charge in [-0.05, 0) is 43.7 Å². The number of anilines is 1. The lowest BCUT2D eigenvalue weighted by Gasteiger charge is -2.43. The van der Waals surface area contributed by atoms with Gasteiger partial charge >= 0.3 is 5.97 Å². The van der Waals surface area contributed by atoms with Gasteiger partial charge in [-0.25, -0.2) is 4.98 Å². The number of aliphatic carboxylic acids is 1. The molecule has 1 aromatic rings. The fraction of sp³-hybridized carbons (Fsp3) is 0.562. The molecule has 0 saturated heterocycles. The molecule has 0 aliphatic heterocycles. The summed E-state index contributed by atoms with van der Waals surface area (Å²) in [6.45, 7) is 1.03. The Morgan fingerprint density at radius 3 is 2.91 bits per heavy atom. The molecule has 116 valence electrons. The van der Waals surface area contributed by atoms with Crippen molar-refractivity contribution in [1.82, 2.24) is 9.88 Å². The normalized spacial score (nSPS) is 23.6. The van der Waals surface area contributed by atoms with Gasteiger partial charge in [0.15, 0.2) is 0 Å². The molecule has 0 spiro atoms. The van der Waals surface area contributed by atoms with Crippen LogP contribution in [0, 0.1) is 17.2 Å². The number of hydrogen-bond donors (Lipinski definition) is 2. The maximum absolute atomic E-state index is 11.0. The van der Waals surface area contributed by atoms with Crippen LogP contribution in [0.1, 0.15) is 31.2 Å². The number of hydrogen-bond acceptors (Lipinski definition) is 5. The zero-order valence-electron chi connectivity index (χ0n) is 12.4. The van der Waals surface area contributed by atoms with Crippen molar-refractivity contribution in [2.45, 2.75) is 37.8 Å². The fourth-order valence-electron chi connectivity index (χ4n) is 2.96. The summed E-state index contributed by atoms with van der Waals surface area (Å²) in [6.07, 6.45) is 5.93. The van der Waals surface area contributed by atoms with Crippen LogP contribution < -0.4 is 5.32 Å². The molecule has 2 N–H and O–H groups in total. The van der Waals surface area contributed by atoms with Crippen molar-refractivity contribution >= 4 is 11.8 Å². The van der Waals surface area contributed by atoms with Gasteiger partial charge in [0.2, 0.25) is 0 Å². The fourth-order valence-corrected chi connectivity index (χ4v) is 2.96. The van der Waals surface area contributed by atoms with Gasteiger partial charge in [-0.2, -0.15) is 5.26 Å². The largest absolute Gasteiger partial charge is 0.480 e. The molecule has 0 aromatic carbocycles. The molecular formula is C16H20N4O2. The van der Waals surface area contributed by atoms with E-state index in [0.717, 1.165) is 19.4 Å². The van der Waals surface area contributed by atoms with Crippen LogP contribution >= 0.6 is 0 Å². The molecule has 0 amide bonds. The van der Waals surface area contributed by atoms with E-state index in [0.29, 0.717) is 23.3 Å². The second kappa shape index (κ2) is 6.32. The molecule has 2 aliphatic rings. The van der Waals surface area contributed by atoms with E-state index in [1.165, 1.54) is 12.8 Å². The minimum atomic E-state index is -0.756. The van der Waals surface area contributed by atoms with Gasteiger partial charge in [0.25, 0.3) is 0 Å². The van der Waals surface area contributed by atoms with E-state index in [-0.39, 0.29) is 12.6 Å². The Morgan fingerprint density at radius 1 is 1.50 bits per heavy atom. The van der Waals surface area contributed by atoms with Crippen LogP contribution in [0.4, 0.5) is 5.82 Å². The van der Waals surface area contributed by atoms with E-state index in [1.807, 2.05) is 0 Å². The second-order valence-corrected chi connectivity index (χ2v) is 6.24. The number of nitrogens with one attached hydrogen (secondary N) is 1. The van der Waals surface area contributed by atoms with Gasteiger partial charge in [0.1, 0.15) is 11.9 Å². The van der Waals surface area contributed by atoms with Crippen molar-refractivity contribution in [2.75, 3.05) is 18.4 Å². The summed E-state index contributed by atoms with van der Waals surface area (Å²) in [5.74, 6) is 0.557. The predicted octanol–water partition coefficient (Wildman–Crippen LogP) is 1.69. The zero-order chi connectivity index (χ0) is 15.5. The first-order valence-electron chi connectivity index (χ1n) is 7.73. The van der Waals surface area contributed by atoms with Gasteiger partial charge in [-0.1, -0.05) is 0 Å². The van der Waals surface area contributed by atoms with Crippen LogP contribution in [0.2, 0.25) is 0 Å². The minimum absolute atomic E-state index is 0.126. The summed E-state index contributed by atoms with van der Waals surface area (Å²) in [5, 5.41) is 21.4. The highest BCUT2D eigenvalue weighted by Gasteiger charge is 2.37. The monoisotopic (exact) mass is 300 g/mol. The lowest BCUT2D eigenvalue weighted by atomic mass is 9.85. The maximum atomic E-state index is 11.0. The number of pyridine rings is 1. The third-order valence-electron chi connectivity index (χ3n) is 4.43. The van der Waals surface area contributed by atoms with Crippen molar-refractivity contribution in [2.24, 2.45) is 5.92 Å². The molecule has 0 bridgehead atoms. The first-order chi connectivity index (χ1) is 10.7. The topological polar surface area (TPSA) is 89.3 Å². The van der Waals surface area contributed by atoms with E-state index in [9.17, 15) is 4.79 Å². The number of aromatic nitrogens is 1. The summed E-state index contributed by atoms with van der Waals surface area (Å²) in [6, 6.07) is 6.21. The van der Waals surface area contributed by atoms with Gasteiger partial charge in [-0.15, -0.1) is 0 Å². The summed E-state index contributed by atoms with van der Waals surface area (Å²) in [5.41, 5.74) is 0.548. The van der Waals surface area contributed by atoms with Crippen molar-refractivity contribution in [3.63, 3.8) is 0 Å². The zero-order valence-corrected chi connectivity index (χ0v) is 12.4. The standard InChI is InChI=1S/C16H20N4O2/c17-8-12-2-1-5-18-16(12)19-13-6-14(7-13)20(10-15(21)22)9-11-3-4-11/h1-2,5,11,13-14H,3-4,6-7,9-10H2,(H,18,19)(H,21,22). The molecule has 1 heterocycles. The highest BCUT2D eigenvalue weighted by molar-refractivity contribution is 5.69. The highest BCUT2D eigenvalue weighted by Crippen LogP contribution is 2.34. The third-order valence-corrected chi connectivity index (χ3v) is 4.43. The molecule has 6 nitrogen and oxygen atoms in total. The Bertz CT molecular complexity index is 588. The molecule has 0 radical (unpaired) electrons. The molecule has 6 heteroatoms. The lowest BCUT2D eigenvalue weighted by Crippen LogP contribution is -2.52. The summed E-state index contributed by atoms with van der Waals surface area (Å²) in [4.78, 5) is 17.3. The molecule has 0 atom stereocenters. The predicted molar refractivity (Wildman–Crippen MR) is 81.3 cm³/mol. The van der Waals surface area contributed by atoms with E-state index in [4.69, 9.17) is 10.4 Å². The number of carbonyl (C=O) groups is 1. The summed E-state index contributed by atoms with van der Waals surface area (Å²) >= 11 is 0. The van der Waals surface area contributed by atoms with Gasteiger partial charge in [0, 0.05) is 24.8 Å². The molecule has 22 heavy (non-hydrogen) atoms. The van der Waals surface area contributed by atoms with Crippen LogP contribution in [0.5, 0.6) is 0 Å². The maximum Gasteiger partial charge on any atom is 0.317 e. The summed E-state index contributed by atoms with van der Waals surface area (Å²) in [7, 11) is 0. The number of carboxylic acids is 1. The molecular weight excluding hydrogens is 280 g/mol. The summed E-state index contributed by atoms with van der Waals surface area (Å²) < 4.78 is 0. The van der Waals surface area contributed by atoms with Crippen molar-refractivity contribution in [1.29, 1.82) is 5.26 Å². The van der Waals surface area contributed by atoms with E-state index < -0.39 is 5.97 Å². The van der Waals surface area contributed by atoms with Crippen molar-refractivity contribution in [3.8, 4) is 6.07 Å². The third kappa shape index (κ3) is 3.55. The Hall–Kier alpha value is -2.13. The van der Waals surface area contributed by atoms with E-state index >= 15 is 0 Å². The second-order valence-electron chi connectivity index (χ2n) is 6.24. The molecule has 3 rings (SSSR count). The number of nitrogens with zero attached hydrogens (tertiary/aromatic N) is 3. The minimum Gasteiger partial charge on any atom is -0.480 e. The molecule has 2 aliphatic carbocycles. The van der Waals surface area contributed by atoms with E-state index in [2.05, 4.69) is 21.3 Å².